The number of rotatable bonds is 5. The summed E-state index contributed by atoms with van der Waals surface area (Å²) in [5.74, 6) is -1.06. The highest BCUT2D eigenvalue weighted by Gasteiger charge is 2.36. The van der Waals surface area contributed by atoms with Crippen molar-refractivity contribution in [1.29, 1.82) is 0 Å². The second kappa shape index (κ2) is 5.92. The fraction of sp³-hybridized carbons (Fsp3) is 0.231. The van der Waals surface area contributed by atoms with Crippen molar-refractivity contribution in [3.63, 3.8) is 0 Å². The van der Waals surface area contributed by atoms with Gasteiger partial charge in [-0.1, -0.05) is 30.3 Å². The molecule has 0 fully saturated rings. The number of carbonyl (C=O) groups is 1. The highest BCUT2D eigenvalue weighted by molar-refractivity contribution is 6.28. The van der Waals surface area contributed by atoms with Gasteiger partial charge >= 0.3 is 12.0 Å². The number of carboxylic acids is 1. The molecular formula is C13H13ClN4O3. The summed E-state index contributed by atoms with van der Waals surface area (Å²) in [5.41, 5.74) is -0.871. The summed E-state index contributed by atoms with van der Waals surface area (Å²) in [6, 6.07) is 8.69. The Morgan fingerprint density at radius 3 is 2.52 bits per heavy atom. The zero-order chi connectivity index (χ0) is 15.5. The van der Waals surface area contributed by atoms with Gasteiger partial charge in [0.2, 0.25) is 11.2 Å². The van der Waals surface area contributed by atoms with Crippen molar-refractivity contribution in [2.75, 3.05) is 12.4 Å². The van der Waals surface area contributed by atoms with E-state index in [4.69, 9.17) is 16.3 Å². The van der Waals surface area contributed by atoms with Crippen LogP contribution < -0.4 is 10.1 Å². The molecule has 2 rings (SSSR count). The zero-order valence-corrected chi connectivity index (χ0v) is 12.1. The Kier molecular flexibility index (Phi) is 4.23. The number of nitrogens with zero attached hydrogens (tertiary/aromatic N) is 3. The molecule has 0 amide bonds. The predicted octanol–water partition coefficient (Wildman–Crippen LogP) is 1.95. The van der Waals surface area contributed by atoms with E-state index in [1.807, 2.05) is 0 Å². The van der Waals surface area contributed by atoms with E-state index in [-0.39, 0.29) is 17.2 Å². The van der Waals surface area contributed by atoms with Crippen LogP contribution in [0.5, 0.6) is 6.01 Å². The minimum Gasteiger partial charge on any atom is -0.479 e. The summed E-state index contributed by atoms with van der Waals surface area (Å²) in [6.45, 7) is 1.51. The van der Waals surface area contributed by atoms with Gasteiger partial charge in [-0.3, -0.25) is 0 Å². The molecule has 2 N–H and O–H groups in total. The normalized spacial score (nSPS) is 13.3. The fourth-order valence-electron chi connectivity index (χ4n) is 1.72. The Morgan fingerprint density at radius 1 is 1.29 bits per heavy atom. The van der Waals surface area contributed by atoms with E-state index in [1.165, 1.54) is 14.0 Å². The average molecular weight is 309 g/mol. The molecule has 1 aromatic heterocycles. The lowest BCUT2D eigenvalue weighted by atomic mass is 9.92. The molecule has 1 unspecified atom stereocenters. The van der Waals surface area contributed by atoms with Crippen molar-refractivity contribution in [2.24, 2.45) is 0 Å². The number of ether oxygens (including phenoxy) is 1. The molecule has 1 atom stereocenters. The number of halogens is 1. The molecule has 0 spiro atoms. The van der Waals surface area contributed by atoms with E-state index in [9.17, 15) is 9.90 Å². The first-order valence-electron chi connectivity index (χ1n) is 5.98. The van der Waals surface area contributed by atoms with E-state index < -0.39 is 11.5 Å². The molecular weight excluding hydrogens is 296 g/mol. The van der Waals surface area contributed by atoms with Gasteiger partial charge in [-0.2, -0.15) is 15.0 Å². The molecule has 0 aliphatic heterocycles. The van der Waals surface area contributed by atoms with Gasteiger partial charge in [-0.25, -0.2) is 4.79 Å². The van der Waals surface area contributed by atoms with Crippen LogP contribution in [-0.4, -0.2) is 33.1 Å². The van der Waals surface area contributed by atoms with Crippen LogP contribution in [0, 0.1) is 0 Å². The van der Waals surface area contributed by atoms with Crippen molar-refractivity contribution < 1.29 is 14.6 Å². The fourth-order valence-corrected chi connectivity index (χ4v) is 1.88. The van der Waals surface area contributed by atoms with Crippen molar-refractivity contribution in [1.82, 2.24) is 15.0 Å². The highest BCUT2D eigenvalue weighted by atomic mass is 35.5. The van der Waals surface area contributed by atoms with Crippen LogP contribution in [0.3, 0.4) is 0 Å². The molecule has 0 aliphatic rings. The van der Waals surface area contributed by atoms with Crippen LogP contribution in [0.4, 0.5) is 5.95 Å². The Bertz CT molecular complexity index is 653. The van der Waals surface area contributed by atoms with Gasteiger partial charge in [0, 0.05) is 0 Å². The number of hydrogen-bond acceptors (Lipinski definition) is 6. The average Bonchev–Trinajstić information content (AvgIpc) is 2.47. The SMILES string of the molecule is COc1nc(Cl)nc(NC(C)(C(=O)O)c2ccccc2)n1. The first-order valence-corrected chi connectivity index (χ1v) is 6.36. The van der Waals surface area contributed by atoms with Crippen LogP contribution in [0.2, 0.25) is 5.28 Å². The number of nitrogens with one attached hydrogen (secondary N) is 1. The van der Waals surface area contributed by atoms with Crippen LogP contribution in [0.25, 0.3) is 0 Å². The standard InChI is InChI=1S/C13H13ClN4O3/c1-13(9(19)20,8-6-4-3-5-7-8)18-11-15-10(14)16-12(17-11)21-2/h3-7H,1-2H3,(H,19,20)(H,15,16,17,18). The first-order chi connectivity index (χ1) is 9.95. The monoisotopic (exact) mass is 308 g/mol. The van der Waals surface area contributed by atoms with Gasteiger partial charge in [0.1, 0.15) is 0 Å². The molecule has 8 heteroatoms. The van der Waals surface area contributed by atoms with Gasteiger partial charge in [-0.05, 0) is 24.1 Å². The third kappa shape index (κ3) is 3.19. The largest absolute Gasteiger partial charge is 0.479 e. The summed E-state index contributed by atoms with van der Waals surface area (Å²) >= 11 is 5.75. The van der Waals surface area contributed by atoms with Gasteiger partial charge in [0.15, 0.2) is 5.54 Å². The van der Waals surface area contributed by atoms with Crippen LogP contribution in [-0.2, 0) is 10.3 Å². The number of carboxylic acid groups (broad SMARTS) is 1. The van der Waals surface area contributed by atoms with E-state index in [2.05, 4.69) is 20.3 Å². The highest BCUT2D eigenvalue weighted by Crippen LogP contribution is 2.26. The summed E-state index contributed by atoms with van der Waals surface area (Å²) in [7, 11) is 1.38. The molecule has 7 nitrogen and oxygen atoms in total. The number of methoxy groups -OCH3 is 1. The maximum atomic E-state index is 11.7. The van der Waals surface area contributed by atoms with E-state index in [1.54, 1.807) is 30.3 Å². The predicted molar refractivity (Wildman–Crippen MR) is 76.4 cm³/mol. The Morgan fingerprint density at radius 2 is 1.95 bits per heavy atom. The Labute approximate surface area is 126 Å². The van der Waals surface area contributed by atoms with Crippen LogP contribution >= 0.6 is 11.6 Å². The van der Waals surface area contributed by atoms with Gasteiger partial charge in [-0.15, -0.1) is 0 Å². The summed E-state index contributed by atoms with van der Waals surface area (Å²) in [6.07, 6.45) is 0. The van der Waals surface area contributed by atoms with Crippen molar-refractivity contribution in [3.05, 3.63) is 41.2 Å². The lowest BCUT2D eigenvalue weighted by molar-refractivity contribution is -0.142. The molecule has 0 saturated carbocycles. The quantitative estimate of drug-likeness (QED) is 0.871. The molecule has 0 saturated heterocycles. The van der Waals surface area contributed by atoms with Gasteiger partial charge in [0.05, 0.1) is 7.11 Å². The number of benzene rings is 1. The second-order valence-electron chi connectivity index (χ2n) is 4.34. The molecule has 0 bridgehead atoms. The number of aromatic nitrogens is 3. The van der Waals surface area contributed by atoms with E-state index >= 15 is 0 Å². The molecule has 1 heterocycles. The van der Waals surface area contributed by atoms with Gasteiger partial charge in [0.25, 0.3) is 0 Å². The van der Waals surface area contributed by atoms with Gasteiger partial charge < -0.3 is 15.2 Å². The lowest BCUT2D eigenvalue weighted by Gasteiger charge is -2.26. The molecule has 1 aromatic carbocycles. The minimum atomic E-state index is -1.42. The van der Waals surface area contributed by atoms with Crippen molar-refractivity contribution in [2.45, 2.75) is 12.5 Å². The topological polar surface area (TPSA) is 97.2 Å². The third-order valence-electron chi connectivity index (χ3n) is 2.91. The maximum absolute atomic E-state index is 11.7. The minimum absolute atomic E-state index is 0.00157. The molecule has 0 aliphatic carbocycles. The molecule has 21 heavy (non-hydrogen) atoms. The van der Waals surface area contributed by atoms with Crippen molar-refractivity contribution in [3.8, 4) is 6.01 Å². The molecule has 2 aromatic rings. The van der Waals surface area contributed by atoms with E-state index in [0.717, 1.165) is 0 Å². The lowest BCUT2D eigenvalue weighted by Crippen LogP contribution is -2.41. The first kappa shape index (κ1) is 15.0. The van der Waals surface area contributed by atoms with Crippen LogP contribution in [0.1, 0.15) is 12.5 Å². The smallest absolute Gasteiger partial charge is 0.333 e. The van der Waals surface area contributed by atoms with Crippen LogP contribution in [0.15, 0.2) is 30.3 Å². The number of anilines is 1. The van der Waals surface area contributed by atoms with E-state index in [0.29, 0.717) is 5.56 Å². The molecule has 0 radical (unpaired) electrons. The zero-order valence-electron chi connectivity index (χ0n) is 11.4. The van der Waals surface area contributed by atoms with Crippen molar-refractivity contribution >= 4 is 23.5 Å². The Balaban J connectivity index is 2.42. The Hall–Kier alpha value is -2.41. The molecule has 110 valence electrons. The number of hydrogen-bond donors (Lipinski definition) is 2. The summed E-state index contributed by atoms with van der Waals surface area (Å²) in [5, 5.41) is 12.2. The summed E-state index contributed by atoms with van der Waals surface area (Å²) in [4.78, 5) is 23.2. The number of aliphatic carboxylic acids is 1. The third-order valence-corrected chi connectivity index (χ3v) is 3.08. The summed E-state index contributed by atoms with van der Waals surface area (Å²) < 4.78 is 4.88. The maximum Gasteiger partial charge on any atom is 0.333 e. The second-order valence-corrected chi connectivity index (χ2v) is 4.67.